The summed E-state index contributed by atoms with van der Waals surface area (Å²) in [5, 5.41) is 0.232. The number of hydrogen-bond acceptors (Lipinski definition) is 1. The molecule has 0 saturated carbocycles. The smallest absolute Gasteiger partial charge is 0.250 e. The Kier molecular flexibility index (Phi) is 4.20. The molecule has 0 aromatic heterocycles. The quantitative estimate of drug-likeness (QED) is 0.536. The van der Waals surface area contributed by atoms with Gasteiger partial charge in [0.2, 0.25) is 8.32 Å². The van der Waals surface area contributed by atoms with Crippen LogP contribution in [0, 0.1) is 0 Å². The van der Waals surface area contributed by atoms with Crippen LogP contribution in [0.1, 0.15) is 33.3 Å². The molecule has 0 heterocycles. The third-order valence-electron chi connectivity index (χ3n) is 3.49. The van der Waals surface area contributed by atoms with Crippen molar-refractivity contribution in [1.29, 1.82) is 0 Å². The summed E-state index contributed by atoms with van der Waals surface area (Å²) in [7, 11) is -1.74. The van der Waals surface area contributed by atoms with Gasteiger partial charge in [-0.05, 0) is 31.1 Å². The van der Waals surface area contributed by atoms with Gasteiger partial charge in [-0.1, -0.05) is 51.1 Å². The van der Waals surface area contributed by atoms with Crippen LogP contribution in [0.25, 0.3) is 5.76 Å². The van der Waals surface area contributed by atoms with Gasteiger partial charge in [0.05, 0.1) is 0 Å². The van der Waals surface area contributed by atoms with Crippen LogP contribution in [0.5, 0.6) is 0 Å². The number of benzene rings is 1. The van der Waals surface area contributed by atoms with E-state index in [0.717, 1.165) is 5.76 Å². The zero-order valence-electron chi connectivity index (χ0n) is 11.9. The van der Waals surface area contributed by atoms with Crippen molar-refractivity contribution in [2.24, 2.45) is 0 Å². The standard InChI is InChI=1S/C15H24OSi/c1-7-14(13-11-9-8-10-12-13)16-17(5,6)15(2,3)4/h7-12H,1-6H3/b14-7+. The van der Waals surface area contributed by atoms with E-state index in [2.05, 4.69) is 52.1 Å². The van der Waals surface area contributed by atoms with Crippen LogP contribution < -0.4 is 0 Å². The molecule has 0 aliphatic carbocycles. The van der Waals surface area contributed by atoms with E-state index in [9.17, 15) is 0 Å². The predicted molar refractivity (Wildman–Crippen MR) is 78.4 cm³/mol. The summed E-state index contributed by atoms with van der Waals surface area (Å²) in [6.07, 6.45) is 2.07. The van der Waals surface area contributed by atoms with E-state index in [4.69, 9.17) is 4.43 Å². The Labute approximate surface area is 107 Å². The molecule has 0 aliphatic rings. The average Bonchev–Trinajstić information content (AvgIpc) is 2.25. The Morgan fingerprint density at radius 2 is 1.65 bits per heavy atom. The largest absolute Gasteiger partial charge is 0.543 e. The highest BCUT2D eigenvalue weighted by molar-refractivity contribution is 6.74. The Morgan fingerprint density at radius 3 is 2.06 bits per heavy atom. The minimum atomic E-state index is -1.74. The summed E-state index contributed by atoms with van der Waals surface area (Å²) in [6.45, 7) is 13.4. The second-order valence-corrected chi connectivity index (χ2v) is 10.6. The van der Waals surface area contributed by atoms with E-state index >= 15 is 0 Å². The highest BCUT2D eigenvalue weighted by Crippen LogP contribution is 2.39. The minimum absolute atomic E-state index is 0.232. The second kappa shape index (κ2) is 5.09. The lowest BCUT2D eigenvalue weighted by atomic mass is 10.2. The van der Waals surface area contributed by atoms with Crippen molar-refractivity contribution < 1.29 is 4.43 Å². The van der Waals surface area contributed by atoms with Crippen molar-refractivity contribution in [2.45, 2.75) is 45.8 Å². The zero-order chi connectivity index (χ0) is 13.1. The molecule has 0 radical (unpaired) electrons. The van der Waals surface area contributed by atoms with E-state index in [0.29, 0.717) is 0 Å². The lowest BCUT2D eigenvalue weighted by Gasteiger charge is -2.37. The molecule has 0 saturated heterocycles. The van der Waals surface area contributed by atoms with E-state index in [1.54, 1.807) is 0 Å². The van der Waals surface area contributed by atoms with Crippen LogP contribution >= 0.6 is 0 Å². The maximum absolute atomic E-state index is 6.34. The normalized spacial score (nSPS) is 13.6. The maximum atomic E-state index is 6.34. The maximum Gasteiger partial charge on any atom is 0.250 e. The Bertz CT molecular complexity index is 385. The first-order valence-corrected chi connectivity index (χ1v) is 9.09. The minimum Gasteiger partial charge on any atom is -0.543 e. The molecular weight excluding hydrogens is 224 g/mol. The second-order valence-electron chi connectivity index (χ2n) is 5.88. The first kappa shape index (κ1) is 14.0. The van der Waals surface area contributed by atoms with Crippen molar-refractivity contribution >= 4 is 14.1 Å². The molecule has 17 heavy (non-hydrogen) atoms. The summed E-state index contributed by atoms with van der Waals surface area (Å²) < 4.78 is 6.34. The molecule has 0 unspecified atom stereocenters. The third-order valence-corrected chi connectivity index (χ3v) is 7.83. The first-order chi connectivity index (χ1) is 7.78. The summed E-state index contributed by atoms with van der Waals surface area (Å²) in [6, 6.07) is 10.3. The molecule has 1 rings (SSSR count). The molecule has 0 atom stereocenters. The van der Waals surface area contributed by atoms with Crippen LogP contribution in [0.4, 0.5) is 0 Å². The fourth-order valence-electron chi connectivity index (χ4n) is 1.31. The fourth-order valence-corrected chi connectivity index (χ4v) is 2.41. The molecule has 0 spiro atoms. The highest BCUT2D eigenvalue weighted by atomic mass is 28.4. The third kappa shape index (κ3) is 3.47. The fraction of sp³-hybridized carbons (Fsp3) is 0.467. The summed E-state index contributed by atoms with van der Waals surface area (Å²) in [5.41, 5.74) is 1.17. The Hall–Kier alpha value is -1.02. The van der Waals surface area contributed by atoms with Crippen LogP contribution in [0.2, 0.25) is 18.1 Å². The van der Waals surface area contributed by atoms with Gasteiger partial charge < -0.3 is 4.43 Å². The molecule has 0 amide bonds. The number of hydrogen-bond donors (Lipinski definition) is 0. The van der Waals surface area contributed by atoms with Crippen LogP contribution in [0.3, 0.4) is 0 Å². The molecule has 94 valence electrons. The van der Waals surface area contributed by atoms with Gasteiger partial charge in [-0.25, -0.2) is 0 Å². The Balaban J connectivity index is 2.94. The van der Waals surface area contributed by atoms with Gasteiger partial charge in [0.1, 0.15) is 5.76 Å². The lowest BCUT2D eigenvalue weighted by molar-refractivity contribution is 0.457. The van der Waals surface area contributed by atoms with Crippen molar-refractivity contribution in [2.75, 3.05) is 0 Å². The SMILES string of the molecule is C/C=C(/O[Si](C)(C)C(C)(C)C)c1ccccc1. The van der Waals surface area contributed by atoms with Gasteiger partial charge in [-0.3, -0.25) is 0 Å². The average molecular weight is 248 g/mol. The van der Waals surface area contributed by atoms with Gasteiger partial charge in [-0.2, -0.15) is 0 Å². The van der Waals surface area contributed by atoms with Gasteiger partial charge >= 0.3 is 0 Å². The van der Waals surface area contributed by atoms with E-state index in [1.165, 1.54) is 5.56 Å². The molecule has 0 aliphatic heterocycles. The van der Waals surface area contributed by atoms with E-state index in [-0.39, 0.29) is 5.04 Å². The van der Waals surface area contributed by atoms with E-state index < -0.39 is 8.32 Å². The highest BCUT2D eigenvalue weighted by Gasteiger charge is 2.39. The van der Waals surface area contributed by atoms with Gasteiger partial charge in [-0.15, -0.1) is 0 Å². The molecule has 1 aromatic rings. The van der Waals surface area contributed by atoms with Crippen LogP contribution in [-0.4, -0.2) is 8.32 Å². The first-order valence-electron chi connectivity index (χ1n) is 6.18. The summed E-state index contributed by atoms with van der Waals surface area (Å²) >= 11 is 0. The predicted octanol–water partition coefficient (Wildman–Crippen LogP) is 5.07. The molecule has 1 aromatic carbocycles. The summed E-state index contributed by atoms with van der Waals surface area (Å²) in [5.74, 6) is 1.01. The molecular formula is C15H24OSi. The van der Waals surface area contributed by atoms with E-state index in [1.807, 2.05) is 25.1 Å². The van der Waals surface area contributed by atoms with Crippen LogP contribution in [-0.2, 0) is 4.43 Å². The monoisotopic (exact) mass is 248 g/mol. The molecule has 0 bridgehead atoms. The number of allylic oxidation sites excluding steroid dienone is 1. The van der Waals surface area contributed by atoms with Gasteiger partial charge in [0.15, 0.2) is 0 Å². The van der Waals surface area contributed by atoms with Crippen molar-refractivity contribution in [3.05, 3.63) is 42.0 Å². The topological polar surface area (TPSA) is 9.23 Å². The van der Waals surface area contributed by atoms with Crippen molar-refractivity contribution in [3.63, 3.8) is 0 Å². The molecule has 0 fully saturated rings. The van der Waals surface area contributed by atoms with Crippen LogP contribution in [0.15, 0.2) is 36.4 Å². The van der Waals surface area contributed by atoms with Crippen molar-refractivity contribution in [1.82, 2.24) is 0 Å². The van der Waals surface area contributed by atoms with Gasteiger partial charge in [0.25, 0.3) is 0 Å². The lowest BCUT2D eigenvalue weighted by Crippen LogP contribution is -2.40. The molecule has 0 N–H and O–H groups in total. The summed E-state index contributed by atoms with van der Waals surface area (Å²) in [4.78, 5) is 0. The Morgan fingerprint density at radius 1 is 1.12 bits per heavy atom. The molecule has 2 heteroatoms. The van der Waals surface area contributed by atoms with Gasteiger partial charge in [0, 0.05) is 5.56 Å². The zero-order valence-corrected chi connectivity index (χ0v) is 12.9. The number of rotatable bonds is 3. The molecule has 1 nitrogen and oxygen atoms in total. The van der Waals surface area contributed by atoms with Crippen molar-refractivity contribution in [3.8, 4) is 0 Å².